The maximum atomic E-state index is 11.0. The van der Waals surface area contributed by atoms with E-state index in [-0.39, 0.29) is 6.61 Å². The standard InChI is InChI=1S/C21H35N3O4/c1-22-8-10-23(11-9-22)17-21(26)6-7-24(18-21)16-19-2-4-20(5-3-19)28-15-14-27-13-12-25/h2-5,25-26H,6-18H2,1H3. The van der Waals surface area contributed by atoms with Crippen molar-refractivity contribution in [1.82, 2.24) is 14.7 Å². The van der Waals surface area contributed by atoms with E-state index in [9.17, 15) is 5.11 Å². The Morgan fingerprint density at radius 2 is 1.71 bits per heavy atom. The van der Waals surface area contributed by atoms with Crippen LogP contribution in [0.4, 0.5) is 0 Å². The Hall–Kier alpha value is -1.22. The van der Waals surface area contributed by atoms with Gasteiger partial charge in [0.2, 0.25) is 0 Å². The molecule has 1 aromatic carbocycles. The molecule has 0 radical (unpaired) electrons. The third-order valence-electron chi connectivity index (χ3n) is 5.59. The minimum absolute atomic E-state index is 0.0374. The molecule has 7 nitrogen and oxygen atoms in total. The fourth-order valence-electron chi connectivity index (χ4n) is 3.96. The summed E-state index contributed by atoms with van der Waals surface area (Å²) in [5.74, 6) is 0.823. The highest BCUT2D eigenvalue weighted by molar-refractivity contribution is 5.27. The minimum Gasteiger partial charge on any atom is -0.491 e. The predicted octanol–water partition coefficient (Wildman–Crippen LogP) is 0.259. The molecule has 0 amide bonds. The molecule has 7 heteroatoms. The zero-order valence-electron chi connectivity index (χ0n) is 17.1. The first-order valence-electron chi connectivity index (χ1n) is 10.3. The number of aliphatic hydroxyl groups excluding tert-OH is 1. The maximum Gasteiger partial charge on any atom is 0.119 e. The molecule has 2 saturated heterocycles. The van der Waals surface area contributed by atoms with Crippen LogP contribution in [0.3, 0.4) is 0 Å². The van der Waals surface area contributed by atoms with Gasteiger partial charge in [-0.3, -0.25) is 9.80 Å². The highest BCUT2D eigenvalue weighted by Crippen LogP contribution is 2.25. The van der Waals surface area contributed by atoms with Crippen LogP contribution in [0.2, 0.25) is 0 Å². The van der Waals surface area contributed by atoms with Crippen molar-refractivity contribution in [2.24, 2.45) is 0 Å². The lowest BCUT2D eigenvalue weighted by atomic mass is 10.0. The fraction of sp³-hybridized carbons (Fsp3) is 0.714. The van der Waals surface area contributed by atoms with Gasteiger partial charge in [-0.15, -0.1) is 0 Å². The zero-order chi connectivity index (χ0) is 19.8. The smallest absolute Gasteiger partial charge is 0.119 e. The molecule has 3 rings (SSSR count). The number of likely N-dealkylation sites (tertiary alicyclic amines) is 1. The second-order valence-electron chi connectivity index (χ2n) is 8.09. The van der Waals surface area contributed by atoms with E-state index in [0.717, 1.165) is 64.5 Å². The molecule has 0 aliphatic carbocycles. The van der Waals surface area contributed by atoms with Crippen LogP contribution in [0.5, 0.6) is 5.75 Å². The Kier molecular flexibility index (Phi) is 8.08. The molecule has 0 spiro atoms. The van der Waals surface area contributed by atoms with Crippen LogP contribution in [0.25, 0.3) is 0 Å². The molecule has 158 valence electrons. The van der Waals surface area contributed by atoms with E-state index in [2.05, 4.69) is 33.9 Å². The van der Waals surface area contributed by atoms with Crippen LogP contribution in [0.1, 0.15) is 12.0 Å². The van der Waals surface area contributed by atoms with Gasteiger partial charge in [0.1, 0.15) is 12.4 Å². The van der Waals surface area contributed by atoms with Crippen molar-refractivity contribution in [2.45, 2.75) is 18.6 Å². The number of benzene rings is 1. The van der Waals surface area contributed by atoms with Gasteiger partial charge in [-0.05, 0) is 31.2 Å². The SMILES string of the molecule is CN1CCN(CC2(O)CCN(Cc3ccc(OCCOCCO)cc3)C2)CC1. The average Bonchev–Trinajstić information content (AvgIpc) is 3.05. The van der Waals surface area contributed by atoms with Gasteiger partial charge < -0.3 is 24.6 Å². The van der Waals surface area contributed by atoms with Crippen LogP contribution in [-0.4, -0.2) is 110 Å². The number of likely N-dealkylation sites (N-methyl/N-ethyl adjacent to an activating group) is 1. The van der Waals surface area contributed by atoms with Gasteiger partial charge in [-0.25, -0.2) is 0 Å². The third-order valence-corrected chi connectivity index (χ3v) is 5.59. The summed E-state index contributed by atoms with van der Waals surface area (Å²) in [6.07, 6.45) is 0.842. The van der Waals surface area contributed by atoms with Crippen LogP contribution < -0.4 is 4.74 Å². The van der Waals surface area contributed by atoms with Gasteiger partial charge in [0.05, 0.1) is 25.4 Å². The summed E-state index contributed by atoms with van der Waals surface area (Å²) >= 11 is 0. The Labute approximate surface area is 168 Å². The van der Waals surface area contributed by atoms with Gasteiger partial charge in [0.25, 0.3) is 0 Å². The first-order valence-corrected chi connectivity index (χ1v) is 10.3. The van der Waals surface area contributed by atoms with Crippen LogP contribution in [-0.2, 0) is 11.3 Å². The summed E-state index contributed by atoms with van der Waals surface area (Å²) < 4.78 is 10.8. The molecule has 2 aliphatic rings. The van der Waals surface area contributed by atoms with E-state index in [0.29, 0.717) is 19.8 Å². The van der Waals surface area contributed by atoms with Crippen molar-refractivity contribution in [3.8, 4) is 5.75 Å². The van der Waals surface area contributed by atoms with E-state index in [1.165, 1.54) is 5.56 Å². The summed E-state index contributed by atoms with van der Waals surface area (Å²) in [7, 11) is 2.16. The van der Waals surface area contributed by atoms with Gasteiger partial charge >= 0.3 is 0 Å². The number of piperazine rings is 1. The predicted molar refractivity (Wildman–Crippen MR) is 109 cm³/mol. The number of β-amino-alcohol motifs (C(OH)–C–C–N with tert-alkyl or cyclic N) is 1. The molecule has 1 atom stereocenters. The highest BCUT2D eigenvalue weighted by Gasteiger charge is 2.37. The lowest BCUT2D eigenvalue weighted by Crippen LogP contribution is -2.51. The monoisotopic (exact) mass is 393 g/mol. The number of nitrogens with zero attached hydrogens (tertiary/aromatic N) is 3. The van der Waals surface area contributed by atoms with E-state index in [4.69, 9.17) is 14.6 Å². The molecule has 28 heavy (non-hydrogen) atoms. The highest BCUT2D eigenvalue weighted by atomic mass is 16.5. The topological polar surface area (TPSA) is 68.6 Å². The lowest BCUT2D eigenvalue weighted by molar-refractivity contribution is -0.000370. The molecule has 0 aromatic heterocycles. The summed E-state index contributed by atoms with van der Waals surface area (Å²) in [4.78, 5) is 7.09. The Morgan fingerprint density at radius 3 is 2.43 bits per heavy atom. The van der Waals surface area contributed by atoms with E-state index in [1.54, 1.807) is 0 Å². The molecule has 1 unspecified atom stereocenters. The summed E-state index contributed by atoms with van der Waals surface area (Å²) in [6, 6.07) is 8.13. The number of hydrogen-bond donors (Lipinski definition) is 2. The lowest BCUT2D eigenvalue weighted by Gasteiger charge is -2.36. The van der Waals surface area contributed by atoms with E-state index in [1.807, 2.05) is 12.1 Å². The molecular weight excluding hydrogens is 358 g/mol. The molecule has 2 heterocycles. The summed E-state index contributed by atoms with van der Waals surface area (Å²) in [5, 5.41) is 19.7. The summed E-state index contributed by atoms with van der Waals surface area (Å²) in [6.45, 7) is 8.90. The third kappa shape index (κ3) is 6.69. The average molecular weight is 394 g/mol. The Balaban J connectivity index is 1.39. The molecule has 2 fully saturated rings. The van der Waals surface area contributed by atoms with Crippen molar-refractivity contribution in [1.29, 1.82) is 0 Å². The molecule has 1 aromatic rings. The normalized spacial score (nSPS) is 24.7. The van der Waals surface area contributed by atoms with Gasteiger partial charge in [0.15, 0.2) is 0 Å². The second kappa shape index (κ2) is 10.5. The van der Waals surface area contributed by atoms with Crippen molar-refractivity contribution in [3.05, 3.63) is 29.8 Å². The van der Waals surface area contributed by atoms with E-state index < -0.39 is 5.60 Å². The zero-order valence-corrected chi connectivity index (χ0v) is 17.1. The van der Waals surface area contributed by atoms with Gasteiger partial charge in [0, 0.05) is 52.4 Å². The maximum absolute atomic E-state index is 11.0. The number of aliphatic hydroxyl groups is 2. The number of hydrogen-bond acceptors (Lipinski definition) is 7. The van der Waals surface area contributed by atoms with Gasteiger partial charge in [-0.1, -0.05) is 12.1 Å². The molecule has 0 saturated carbocycles. The van der Waals surface area contributed by atoms with Crippen molar-refractivity contribution in [2.75, 3.05) is 79.3 Å². The van der Waals surface area contributed by atoms with Crippen LogP contribution in [0, 0.1) is 0 Å². The largest absolute Gasteiger partial charge is 0.491 e. The minimum atomic E-state index is -0.590. The first kappa shape index (κ1) is 21.5. The van der Waals surface area contributed by atoms with Crippen molar-refractivity contribution in [3.63, 3.8) is 0 Å². The fourth-order valence-corrected chi connectivity index (χ4v) is 3.96. The first-order chi connectivity index (χ1) is 13.6. The molecule has 2 N–H and O–H groups in total. The number of rotatable bonds is 10. The molecular formula is C21H35N3O4. The van der Waals surface area contributed by atoms with E-state index >= 15 is 0 Å². The van der Waals surface area contributed by atoms with Crippen molar-refractivity contribution < 1.29 is 19.7 Å². The number of ether oxygens (including phenoxy) is 2. The van der Waals surface area contributed by atoms with Crippen molar-refractivity contribution >= 4 is 0 Å². The summed E-state index contributed by atoms with van der Waals surface area (Å²) in [5.41, 5.74) is 0.640. The quantitative estimate of drug-likeness (QED) is 0.553. The van der Waals surface area contributed by atoms with Crippen LogP contribution >= 0.6 is 0 Å². The van der Waals surface area contributed by atoms with Gasteiger partial charge in [-0.2, -0.15) is 0 Å². The Bertz CT molecular complexity index is 578. The van der Waals surface area contributed by atoms with Crippen LogP contribution in [0.15, 0.2) is 24.3 Å². The second-order valence-corrected chi connectivity index (χ2v) is 8.09. The molecule has 2 aliphatic heterocycles. The Morgan fingerprint density at radius 1 is 0.964 bits per heavy atom. The molecule has 0 bridgehead atoms.